The number of nitrogens with one attached hydrogen (secondary N) is 1. The number of rotatable bonds is 0. The Bertz CT molecular complexity index is 71.9. The maximum atomic E-state index is 8.25. The first-order chi connectivity index (χ1) is 2.89. The summed E-state index contributed by atoms with van der Waals surface area (Å²) in [5.41, 5.74) is 2.23. The monoisotopic (exact) mass is 88.0 g/mol. The highest BCUT2D eigenvalue weighted by atomic mass is 16.7. The van der Waals surface area contributed by atoms with E-state index in [4.69, 9.17) is 5.11 Å². The molecule has 4 heteroatoms. The van der Waals surface area contributed by atoms with Crippen LogP contribution in [0.25, 0.3) is 0 Å². The van der Waals surface area contributed by atoms with Gasteiger partial charge in [0.2, 0.25) is 0 Å². The first kappa shape index (κ1) is 3.58. The predicted molar refractivity (Wildman–Crippen MR) is 18.7 cm³/mol. The van der Waals surface area contributed by atoms with E-state index in [0.717, 1.165) is 0 Å². The maximum absolute atomic E-state index is 8.25. The topological polar surface area (TPSA) is 53.9 Å². The molecular formula is C2H4N2O2. The second-order valence-corrected chi connectivity index (χ2v) is 0.840. The quantitative estimate of drug-likeness (QED) is 0.392. The molecule has 1 rings (SSSR count). The van der Waals surface area contributed by atoms with Gasteiger partial charge in [-0.05, 0) is 0 Å². The van der Waals surface area contributed by atoms with Crippen LogP contribution in [-0.4, -0.2) is 17.9 Å². The van der Waals surface area contributed by atoms with Crippen molar-refractivity contribution in [3.05, 3.63) is 0 Å². The Hall–Kier alpha value is -0.610. The van der Waals surface area contributed by atoms with Crippen molar-refractivity contribution in [2.75, 3.05) is 0 Å². The van der Waals surface area contributed by atoms with Crippen LogP contribution < -0.4 is 5.48 Å². The summed E-state index contributed by atoms with van der Waals surface area (Å²) >= 11 is 0. The Morgan fingerprint density at radius 1 is 2.00 bits per heavy atom. The van der Waals surface area contributed by atoms with Gasteiger partial charge in [-0.3, -0.25) is 5.48 Å². The summed E-state index contributed by atoms with van der Waals surface area (Å²) < 4.78 is 0. The minimum atomic E-state index is -0.995. The molecule has 0 aliphatic carbocycles. The zero-order valence-electron chi connectivity index (χ0n) is 2.96. The largest absolute Gasteiger partial charge is 0.348 e. The smallest absolute Gasteiger partial charge is 0.279 e. The van der Waals surface area contributed by atoms with Crippen LogP contribution in [-0.2, 0) is 4.84 Å². The maximum Gasteiger partial charge on any atom is 0.279 e. The predicted octanol–water partition coefficient (Wildman–Crippen LogP) is -1.17. The molecule has 1 unspecified atom stereocenters. The van der Waals surface area contributed by atoms with Gasteiger partial charge in [-0.15, -0.1) is 0 Å². The van der Waals surface area contributed by atoms with E-state index in [2.05, 4.69) is 15.3 Å². The number of aliphatic hydroxyl groups is 1. The molecule has 0 fully saturated rings. The molecule has 0 amide bonds. The number of hydroxylamine groups is 1. The number of aliphatic imine (C=N–C) groups is 1. The van der Waals surface area contributed by atoms with Crippen molar-refractivity contribution in [3.8, 4) is 0 Å². The molecule has 0 aromatic heterocycles. The van der Waals surface area contributed by atoms with Crippen LogP contribution in [0.4, 0.5) is 0 Å². The van der Waals surface area contributed by atoms with Crippen LogP contribution >= 0.6 is 0 Å². The van der Waals surface area contributed by atoms with Gasteiger partial charge >= 0.3 is 0 Å². The van der Waals surface area contributed by atoms with E-state index in [1.165, 1.54) is 6.34 Å². The van der Waals surface area contributed by atoms with Crippen molar-refractivity contribution >= 4 is 6.34 Å². The van der Waals surface area contributed by atoms with Gasteiger partial charge in [-0.1, -0.05) is 0 Å². The van der Waals surface area contributed by atoms with E-state index in [9.17, 15) is 0 Å². The fraction of sp³-hybridized carbons (Fsp3) is 0.500. The molecule has 0 radical (unpaired) electrons. The van der Waals surface area contributed by atoms with Gasteiger partial charge in [0.1, 0.15) is 6.34 Å². The van der Waals surface area contributed by atoms with E-state index in [1.54, 1.807) is 0 Å². The van der Waals surface area contributed by atoms with E-state index in [-0.39, 0.29) is 0 Å². The van der Waals surface area contributed by atoms with Crippen LogP contribution in [0, 0.1) is 0 Å². The molecule has 0 aromatic rings. The highest BCUT2D eigenvalue weighted by molar-refractivity contribution is 5.53. The van der Waals surface area contributed by atoms with Gasteiger partial charge in [-0.25, -0.2) is 9.83 Å². The molecule has 1 aliphatic heterocycles. The highest BCUT2D eigenvalue weighted by Crippen LogP contribution is 1.86. The average Bonchev–Trinajstić information content (AvgIpc) is 1.86. The van der Waals surface area contributed by atoms with Crippen molar-refractivity contribution in [2.45, 2.75) is 6.41 Å². The lowest BCUT2D eigenvalue weighted by Crippen LogP contribution is -2.09. The molecule has 2 N–H and O–H groups in total. The summed E-state index contributed by atoms with van der Waals surface area (Å²) in [4.78, 5) is 7.57. The lowest BCUT2D eigenvalue weighted by molar-refractivity contribution is -0.102. The molecule has 1 atom stereocenters. The molecule has 0 saturated carbocycles. The first-order valence-corrected chi connectivity index (χ1v) is 1.50. The standard InChI is InChI=1S/C2H4N2O2/c5-2-3-1-4-6-2/h1-2,5H,(H,3,4). The zero-order chi connectivity index (χ0) is 4.41. The number of hydrogen-bond donors (Lipinski definition) is 2. The minimum absolute atomic E-state index is 0.995. The number of hydrogen-bond acceptors (Lipinski definition) is 4. The van der Waals surface area contributed by atoms with Gasteiger partial charge in [0.15, 0.2) is 0 Å². The zero-order valence-corrected chi connectivity index (χ0v) is 2.96. The van der Waals surface area contributed by atoms with Crippen molar-refractivity contribution < 1.29 is 9.94 Å². The number of nitrogens with zero attached hydrogens (tertiary/aromatic N) is 1. The van der Waals surface area contributed by atoms with Gasteiger partial charge in [0.25, 0.3) is 6.41 Å². The van der Waals surface area contributed by atoms with Gasteiger partial charge in [0, 0.05) is 0 Å². The Morgan fingerprint density at radius 3 is 3.00 bits per heavy atom. The highest BCUT2D eigenvalue weighted by Gasteiger charge is 2.01. The molecule has 0 aromatic carbocycles. The van der Waals surface area contributed by atoms with Crippen LogP contribution in [0.3, 0.4) is 0 Å². The van der Waals surface area contributed by atoms with E-state index in [1.807, 2.05) is 0 Å². The summed E-state index contributed by atoms with van der Waals surface area (Å²) in [5, 5.41) is 8.25. The van der Waals surface area contributed by atoms with E-state index >= 15 is 0 Å². The van der Waals surface area contributed by atoms with E-state index in [0.29, 0.717) is 0 Å². The Balaban J connectivity index is 2.38. The van der Waals surface area contributed by atoms with Gasteiger partial charge in [0.05, 0.1) is 0 Å². The molecule has 0 bridgehead atoms. The second kappa shape index (κ2) is 1.24. The molecule has 1 aliphatic rings. The lowest BCUT2D eigenvalue weighted by Gasteiger charge is -1.90. The summed E-state index contributed by atoms with van der Waals surface area (Å²) in [6, 6.07) is 0. The third-order valence-electron chi connectivity index (χ3n) is 0.428. The first-order valence-electron chi connectivity index (χ1n) is 1.50. The van der Waals surface area contributed by atoms with Crippen molar-refractivity contribution in [2.24, 2.45) is 4.99 Å². The molecule has 0 spiro atoms. The lowest BCUT2D eigenvalue weighted by atomic mass is 11.1. The van der Waals surface area contributed by atoms with Crippen LogP contribution in [0.1, 0.15) is 0 Å². The van der Waals surface area contributed by atoms with Crippen molar-refractivity contribution in [3.63, 3.8) is 0 Å². The average molecular weight is 88.1 g/mol. The third kappa shape index (κ3) is 0.474. The fourth-order valence-corrected chi connectivity index (χ4v) is 0.216. The molecule has 4 nitrogen and oxygen atoms in total. The summed E-state index contributed by atoms with van der Waals surface area (Å²) in [5.74, 6) is 0. The molecule has 0 saturated heterocycles. The van der Waals surface area contributed by atoms with Crippen LogP contribution in [0.2, 0.25) is 0 Å². The van der Waals surface area contributed by atoms with Crippen LogP contribution in [0.15, 0.2) is 4.99 Å². The third-order valence-corrected chi connectivity index (χ3v) is 0.428. The Kier molecular flexibility index (Phi) is 0.736. The summed E-state index contributed by atoms with van der Waals surface area (Å²) in [6.45, 7) is 0. The normalized spacial score (nSPS) is 30.5. The number of aliphatic hydroxyl groups excluding tert-OH is 1. The Labute approximate surface area is 34.4 Å². The summed E-state index contributed by atoms with van der Waals surface area (Å²) in [7, 11) is 0. The molecular weight excluding hydrogens is 84.0 g/mol. The second-order valence-electron chi connectivity index (χ2n) is 0.840. The SMILES string of the molecule is OC1N=CNO1. The molecule has 34 valence electrons. The van der Waals surface area contributed by atoms with Gasteiger partial charge in [-0.2, -0.15) is 0 Å². The van der Waals surface area contributed by atoms with Gasteiger partial charge < -0.3 is 5.11 Å². The minimum Gasteiger partial charge on any atom is -0.348 e. The van der Waals surface area contributed by atoms with Crippen LogP contribution in [0.5, 0.6) is 0 Å². The molecule has 6 heavy (non-hydrogen) atoms. The summed E-state index contributed by atoms with van der Waals surface area (Å²) in [6.07, 6.45) is 0.287. The Morgan fingerprint density at radius 2 is 2.83 bits per heavy atom. The van der Waals surface area contributed by atoms with Crippen molar-refractivity contribution in [1.82, 2.24) is 5.48 Å². The van der Waals surface area contributed by atoms with E-state index < -0.39 is 6.41 Å². The molecule has 1 heterocycles. The fourth-order valence-electron chi connectivity index (χ4n) is 0.216. The van der Waals surface area contributed by atoms with Crippen molar-refractivity contribution in [1.29, 1.82) is 0 Å².